The van der Waals surface area contributed by atoms with Gasteiger partial charge in [-0.2, -0.15) is 0 Å². The minimum absolute atomic E-state index is 0.0701. The van der Waals surface area contributed by atoms with E-state index < -0.39 is 10.0 Å². The van der Waals surface area contributed by atoms with Crippen molar-refractivity contribution in [2.75, 3.05) is 6.54 Å². The first-order chi connectivity index (χ1) is 8.45. The molecule has 0 fully saturated rings. The van der Waals surface area contributed by atoms with Crippen molar-refractivity contribution in [2.24, 2.45) is 10.9 Å². The van der Waals surface area contributed by atoms with Crippen molar-refractivity contribution in [1.29, 1.82) is 0 Å². The van der Waals surface area contributed by atoms with Crippen molar-refractivity contribution >= 4 is 27.5 Å². The number of amidine groups is 1. The van der Waals surface area contributed by atoms with Crippen LogP contribution < -0.4 is 10.5 Å². The van der Waals surface area contributed by atoms with Crippen LogP contribution in [0.15, 0.2) is 34.3 Å². The summed E-state index contributed by atoms with van der Waals surface area (Å²) in [6, 6.07) is 5.86. The number of rotatable bonds is 6. The Morgan fingerprint density at radius 1 is 1.39 bits per heavy atom. The summed E-state index contributed by atoms with van der Waals surface area (Å²) >= 11 is 5.67. The fourth-order valence-corrected chi connectivity index (χ4v) is 2.42. The molecule has 1 aromatic carbocycles. The highest BCUT2D eigenvalue weighted by atomic mass is 35.5. The Kier molecular flexibility index (Phi) is 5.39. The molecule has 8 heteroatoms. The van der Waals surface area contributed by atoms with Gasteiger partial charge in [0.2, 0.25) is 10.0 Å². The van der Waals surface area contributed by atoms with Crippen molar-refractivity contribution in [3.05, 3.63) is 29.3 Å². The van der Waals surface area contributed by atoms with Crippen molar-refractivity contribution in [3.8, 4) is 0 Å². The molecule has 1 aromatic rings. The average Bonchev–Trinajstić information content (AvgIpc) is 2.35. The van der Waals surface area contributed by atoms with Crippen LogP contribution in [0.5, 0.6) is 0 Å². The average molecular weight is 292 g/mol. The van der Waals surface area contributed by atoms with Gasteiger partial charge in [-0.05, 0) is 30.7 Å². The van der Waals surface area contributed by atoms with Crippen LogP contribution in [0.4, 0.5) is 0 Å². The van der Waals surface area contributed by atoms with Crippen molar-refractivity contribution in [2.45, 2.75) is 17.7 Å². The smallest absolute Gasteiger partial charge is 0.240 e. The van der Waals surface area contributed by atoms with E-state index in [-0.39, 0.29) is 17.3 Å². The van der Waals surface area contributed by atoms with Gasteiger partial charge in [-0.15, -0.1) is 0 Å². The zero-order valence-corrected chi connectivity index (χ0v) is 11.1. The molecule has 0 heterocycles. The van der Waals surface area contributed by atoms with E-state index in [1.165, 1.54) is 24.3 Å². The summed E-state index contributed by atoms with van der Waals surface area (Å²) in [6.45, 7) is 0.210. The van der Waals surface area contributed by atoms with E-state index in [0.29, 0.717) is 17.9 Å². The van der Waals surface area contributed by atoms with Crippen LogP contribution in [-0.2, 0) is 10.0 Å². The summed E-state index contributed by atoms with van der Waals surface area (Å²) in [5.41, 5.74) is 5.26. The number of benzene rings is 1. The van der Waals surface area contributed by atoms with Crippen molar-refractivity contribution < 1.29 is 13.6 Å². The summed E-state index contributed by atoms with van der Waals surface area (Å²) in [4.78, 5) is 0.149. The number of sulfonamides is 1. The number of hydrogen-bond acceptors (Lipinski definition) is 4. The van der Waals surface area contributed by atoms with Gasteiger partial charge in [0, 0.05) is 18.0 Å². The summed E-state index contributed by atoms with van der Waals surface area (Å²) in [6.07, 6.45) is 0.766. The number of oxime groups is 1. The molecule has 0 atom stereocenters. The first-order valence-corrected chi connectivity index (χ1v) is 7.03. The first-order valence-electron chi connectivity index (χ1n) is 5.17. The standard InChI is InChI=1S/C10H14ClN3O3S/c11-8-3-5-9(6-4-8)18(16,17)13-7-1-2-10(12)14-15/h3-6,13,15H,1-2,7H2,(H2,12,14). The predicted octanol–water partition coefficient (Wildman–Crippen LogP) is 1.14. The van der Waals surface area contributed by atoms with E-state index in [9.17, 15) is 8.42 Å². The van der Waals surface area contributed by atoms with E-state index in [1.807, 2.05) is 0 Å². The van der Waals surface area contributed by atoms with Gasteiger partial charge in [0.05, 0.1) is 4.90 Å². The lowest BCUT2D eigenvalue weighted by molar-refractivity contribution is 0.316. The lowest BCUT2D eigenvalue weighted by Crippen LogP contribution is -2.25. The van der Waals surface area contributed by atoms with Gasteiger partial charge in [0.25, 0.3) is 0 Å². The molecule has 0 bridgehead atoms. The third-order valence-corrected chi connectivity index (χ3v) is 3.88. The Hall–Kier alpha value is -1.31. The fourth-order valence-electron chi connectivity index (χ4n) is 1.22. The Balaban J connectivity index is 2.53. The quantitative estimate of drug-likeness (QED) is 0.240. The molecule has 0 aromatic heterocycles. The molecule has 0 radical (unpaired) electrons. The summed E-state index contributed by atoms with van der Waals surface area (Å²) in [5, 5.41) is 11.6. The van der Waals surface area contributed by atoms with Crippen LogP contribution in [0.1, 0.15) is 12.8 Å². The van der Waals surface area contributed by atoms with E-state index in [4.69, 9.17) is 22.5 Å². The molecule has 4 N–H and O–H groups in total. The third-order valence-electron chi connectivity index (χ3n) is 2.15. The van der Waals surface area contributed by atoms with Gasteiger partial charge in [0.15, 0.2) is 0 Å². The van der Waals surface area contributed by atoms with Crippen LogP contribution in [0, 0.1) is 0 Å². The zero-order valence-electron chi connectivity index (χ0n) is 9.51. The molecule has 0 unspecified atom stereocenters. The molecule has 0 aliphatic carbocycles. The SMILES string of the molecule is NC(CCCNS(=O)(=O)c1ccc(Cl)cc1)=NO. The Labute approximate surface area is 110 Å². The van der Waals surface area contributed by atoms with Crippen LogP contribution in [-0.4, -0.2) is 26.0 Å². The second-order valence-electron chi connectivity index (χ2n) is 3.55. The van der Waals surface area contributed by atoms with Crippen LogP contribution in [0.25, 0.3) is 0 Å². The maximum absolute atomic E-state index is 11.8. The highest BCUT2D eigenvalue weighted by Crippen LogP contribution is 2.13. The Morgan fingerprint density at radius 3 is 2.56 bits per heavy atom. The molecule has 100 valence electrons. The monoisotopic (exact) mass is 291 g/mol. The molecule has 0 amide bonds. The minimum atomic E-state index is -3.53. The number of nitrogens with one attached hydrogen (secondary N) is 1. The van der Waals surface area contributed by atoms with Gasteiger partial charge in [0.1, 0.15) is 5.84 Å². The summed E-state index contributed by atoms with van der Waals surface area (Å²) in [5.74, 6) is 0.0701. The van der Waals surface area contributed by atoms with E-state index >= 15 is 0 Å². The molecule has 18 heavy (non-hydrogen) atoms. The molecule has 1 rings (SSSR count). The predicted molar refractivity (Wildman–Crippen MR) is 69.3 cm³/mol. The van der Waals surface area contributed by atoms with Gasteiger partial charge in [-0.3, -0.25) is 0 Å². The normalized spacial score (nSPS) is 12.6. The maximum atomic E-state index is 11.8. The lowest BCUT2D eigenvalue weighted by atomic mass is 10.3. The number of nitrogens with zero attached hydrogens (tertiary/aromatic N) is 1. The van der Waals surface area contributed by atoms with Gasteiger partial charge in [-0.25, -0.2) is 13.1 Å². The van der Waals surface area contributed by atoms with E-state index in [1.54, 1.807) is 0 Å². The number of nitrogens with two attached hydrogens (primary N) is 1. The molecule has 0 aliphatic heterocycles. The van der Waals surface area contributed by atoms with Crippen LogP contribution in [0.2, 0.25) is 5.02 Å². The van der Waals surface area contributed by atoms with Gasteiger partial charge >= 0.3 is 0 Å². The Bertz CT molecular complexity index is 514. The molecular weight excluding hydrogens is 278 g/mol. The molecular formula is C10H14ClN3O3S. The minimum Gasteiger partial charge on any atom is -0.409 e. The fraction of sp³-hybridized carbons (Fsp3) is 0.300. The van der Waals surface area contributed by atoms with Crippen molar-refractivity contribution in [3.63, 3.8) is 0 Å². The third kappa shape index (κ3) is 4.52. The molecule has 6 nitrogen and oxygen atoms in total. The zero-order chi connectivity index (χ0) is 13.6. The van der Waals surface area contributed by atoms with E-state index in [2.05, 4.69) is 9.88 Å². The largest absolute Gasteiger partial charge is 0.409 e. The number of halogens is 1. The summed E-state index contributed by atoms with van der Waals surface area (Å²) in [7, 11) is -3.53. The second-order valence-corrected chi connectivity index (χ2v) is 5.75. The van der Waals surface area contributed by atoms with Crippen LogP contribution in [0.3, 0.4) is 0 Å². The van der Waals surface area contributed by atoms with Crippen molar-refractivity contribution in [1.82, 2.24) is 4.72 Å². The van der Waals surface area contributed by atoms with E-state index in [0.717, 1.165) is 0 Å². The first kappa shape index (κ1) is 14.7. The second kappa shape index (κ2) is 6.58. The maximum Gasteiger partial charge on any atom is 0.240 e. The summed E-state index contributed by atoms with van der Waals surface area (Å²) < 4.78 is 26.0. The highest BCUT2D eigenvalue weighted by molar-refractivity contribution is 7.89. The molecule has 0 saturated heterocycles. The molecule has 0 saturated carbocycles. The topological polar surface area (TPSA) is 105 Å². The number of hydrogen-bond donors (Lipinski definition) is 3. The molecule has 0 aliphatic rings. The van der Waals surface area contributed by atoms with Gasteiger partial charge < -0.3 is 10.9 Å². The lowest BCUT2D eigenvalue weighted by Gasteiger charge is -2.06. The van der Waals surface area contributed by atoms with Gasteiger partial charge in [-0.1, -0.05) is 16.8 Å². The molecule has 0 spiro atoms. The Morgan fingerprint density at radius 2 is 2.00 bits per heavy atom. The highest BCUT2D eigenvalue weighted by Gasteiger charge is 2.12. The van der Waals surface area contributed by atoms with Crippen LogP contribution >= 0.6 is 11.6 Å².